The predicted octanol–water partition coefficient (Wildman–Crippen LogP) is 2.37. The molecule has 2 N–H and O–H groups in total. The Bertz CT molecular complexity index is 486. The summed E-state index contributed by atoms with van der Waals surface area (Å²) in [6, 6.07) is 3.25. The van der Waals surface area contributed by atoms with Crippen LogP contribution >= 0.6 is 0 Å². The molecule has 0 spiro atoms. The Labute approximate surface area is 144 Å². The lowest BCUT2D eigenvalue weighted by Gasteiger charge is -2.30. The molecule has 0 unspecified atom stereocenters. The zero-order valence-corrected chi connectivity index (χ0v) is 15.0. The first-order valence-electron chi connectivity index (χ1n) is 8.10. The maximum Gasteiger partial charge on any atom is 0.321 e. The molecule has 7 nitrogen and oxygen atoms in total. The van der Waals surface area contributed by atoms with Crippen LogP contribution in [0.2, 0.25) is 0 Å². The van der Waals surface area contributed by atoms with Crippen molar-refractivity contribution >= 4 is 11.7 Å². The summed E-state index contributed by atoms with van der Waals surface area (Å²) in [7, 11) is 1.61. The number of nitrogens with one attached hydrogen (secondary N) is 1. The molecule has 2 amide bonds. The molecule has 1 aromatic rings. The minimum absolute atomic E-state index is 0.0237. The number of anilines is 1. The van der Waals surface area contributed by atoms with Gasteiger partial charge in [0.2, 0.25) is 5.88 Å². The van der Waals surface area contributed by atoms with E-state index in [1.54, 1.807) is 30.3 Å². The second-order valence-corrected chi connectivity index (χ2v) is 6.72. The van der Waals surface area contributed by atoms with Gasteiger partial charge in [-0.3, -0.25) is 0 Å². The fourth-order valence-electron chi connectivity index (χ4n) is 2.06. The monoisotopic (exact) mass is 339 g/mol. The molecule has 0 saturated heterocycles. The number of amides is 2. The molecule has 1 heterocycles. The number of rotatable bonds is 9. The number of hydrogen-bond donors (Lipinski definition) is 2. The smallest absolute Gasteiger partial charge is 0.321 e. The van der Waals surface area contributed by atoms with Crippen molar-refractivity contribution in [3.05, 3.63) is 18.3 Å². The van der Waals surface area contributed by atoms with Gasteiger partial charge in [-0.05, 0) is 17.9 Å². The molecule has 1 rings (SSSR count). The molecule has 0 aliphatic carbocycles. The third-order valence-electron chi connectivity index (χ3n) is 3.06. The van der Waals surface area contributed by atoms with Gasteiger partial charge in [-0.15, -0.1) is 0 Å². The number of aliphatic hydroxyl groups is 1. The Morgan fingerprint density at radius 1 is 1.33 bits per heavy atom. The average Bonchev–Trinajstić information content (AvgIpc) is 2.52. The van der Waals surface area contributed by atoms with E-state index >= 15 is 0 Å². The molecule has 0 radical (unpaired) electrons. The van der Waals surface area contributed by atoms with E-state index < -0.39 is 0 Å². The first-order valence-corrected chi connectivity index (χ1v) is 8.10. The highest BCUT2D eigenvalue weighted by Crippen LogP contribution is 2.17. The summed E-state index contributed by atoms with van der Waals surface area (Å²) in [5, 5.41) is 11.8. The molecular formula is C17H29N3O4. The number of urea groups is 1. The predicted molar refractivity (Wildman–Crippen MR) is 93.4 cm³/mol. The van der Waals surface area contributed by atoms with Gasteiger partial charge in [-0.2, -0.15) is 0 Å². The van der Waals surface area contributed by atoms with Crippen molar-refractivity contribution in [2.24, 2.45) is 5.41 Å². The fourth-order valence-corrected chi connectivity index (χ4v) is 2.06. The Hall–Kier alpha value is -1.86. The molecule has 0 aliphatic heterocycles. The van der Waals surface area contributed by atoms with Gasteiger partial charge in [0.1, 0.15) is 6.61 Å². The van der Waals surface area contributed by atoms with Crippen LogP contribution in [0, 0.1) is 5.41 Å². The van der Waals surface area contributed by atoms with Crippen molar-refractivity contribution in [3.8, 4) is 5.88 Å². The standard InChI is InChI=1S/C17H29N3O4/c1-17(2,3)13-20(8-5-9-21)16(22)19-14-6-7-15(18-12-14)24-11-10-23-4/h6-7,12,21H,5,8-11,13H2,1-4H3,(H,19,22). The molecule has 0 atom stereocenters. The van der Waals surface area contributed by atoms with E-state index in [0.717, 1.165) is 0 Å². The van der Waals surface area contributed by atoms with Gasteiger partial charge < -0.3 is 24.8 Å². The highest BCUT2D eigenvalue weighted by molar-refractivity contribution is 5.89. The maximum absolute atomic E-state index is 12.4. The van der Waals surface area contributed by atoms with Crippen LogP contribution < -0.4 is 10.1 Å². The number of carbonyl (C=O) groups excluding carboxylic acids is 1. The van der Waals surface area contributed by atoms with Crippen molar-refractivity contribution in [2.75, 3.05) is 45.3 Å². The normalized spacial score (nSPS) is 11.2. The largest absolute Gasteiger partial charge is 0.475 e. The van der Waals surface area contributed by atoms with Gasteiger partial charge in [0.15, 0.2) is 0 Å². The summed E-state index contributed by atoms with van der Waals surface area (Å²) < 4.78 is 10.3. The topological polar surface area (TPSA) is 83.9 Å². The number of hydrogen-bond acceptors (Lipinski definition) is 5. The molecule has 1 aromatic heterocycles. The molecule has 0 aliphatic rings. The molecular weight excluding hydrogens is 310 g/mol. The zero-order valence-electron chi connectivity index (χ0n) is 15.0. The number of pyridine rings is 1. The summed E-state index contributed by atoms with van der Waals surface area (Å²) in [4.78, 5) is 18.3. The molecule has 0 fully saturated rings. The van der Waals surface area contributed by atoms with Crippen LogP contribution in [0.4, 0.5) is 10.5 Å². The molecule has 136 valence electrons. The number of aliphatic hydroxyl groups excluding tert-OH is 1. The highest BCUT2D eigenvalue weighted by Gasteiger charge is 2.20. The number of aromatic nitrogens is 1. The Morgan fingerprint density at radius 2 is 2.08 bits per heavy atom. The lowest BCUT2D eigenvalue weighted by molar-refractivity contribution is 0.144. The van der Waals surface area contributed by atoms with Crippen molar-refractivity contribution in [3.63, 3.8) is 0 Å². The number of ether oxygens (including phenoxy) is 2. The third kappa shape index (κ3) is 8.12. The van der Waals surface area contributed by atoms with Crippen LogP contribution in [0.5, 0.6) is 5.88 Å². The van der Waals surface area contributed by atoms with Crippen LogP contribution in [-0.2, 0) is 4.74 Å². The second kappa shape index (κ2) is 10.1. The van der Waals surface area contributed by atoms with E-state index in [9.17, 15) is 4.79 Å². The van der Waals surface area contributed by atoms with Gasteiger partial charge in [0.05, 0.1) is 18.5 Å². The minimum atomic E-state index is -0.201. The summed E-state index contributed by atoms with van der Waals surface area (Å²) in [6.45, 7) is 8.29. The first kappa shape index (κ1) is 20.2. The summed E-state index contributed by atoms with van der Waals surface area (Å²) >= 11 is 0. The summed E-state index contributed by atoms with van der Waals surface area (Å²) in [6.07, 6.45) is 2.11. The van der Waals surface area contributed by atoms with Crippen molar-refractivity contribution in [2.45, 2.75) is 27.2 Å². The number of carbonyl (C=O) groups is 1. The molecule has 24 heavy (non-hydrogen) atoms. The van der Waals surface area contributed by atoms with E-state index in [4.69, 9.17) is 14.6 Å². The van der Waals surface area contributed by atoms with Crippen LogP contribution in [0.25, 0.3) is 0 Å². The van der Waals surface area contributed by atoms with Gasteiger partial charge >= 0.3 is 6.03 Å². The van der Waals surface area contributed by atoms with Crippen LogP contribution in [0.1, 0.15) is 27.2 Å². The van der Waals surface area contributed by atoms with Gasteiger partial charge in [-0.25, -0.2) is 9.78 Å². The van der Waals surface area contributed by atoms with Crippen LogP contribution in [-0.4, -0.2) is 61.0 Å². The third-order valence-corrected chi connectivity index (χ3v) is 3.06. The van der Waals surface area contributed by atoms with E-state index in [0.29, 0.717) is 44.3 Å². The molecule has 0 saturated carbocycles. The first-order chi connectivity index (χ1) is 11.4. The van der Waals surface area contributed by atoms with Crippen molar-refractivity contribution in [1.82, 2.24) is 9.88 Å². The Morgan fingerprint density at radius 3 is 2.62 bits per heavy atom. The van der Waals surface area contributed by atoms with Crippen LogP contribution in [0.15, 0.2) is 18.3 Å². The molecule has 7 heteroatoms. The van der Waals surface area contributed by atoms with E-state index in [2.05, 4.69) is 31.1 Å². The Kier molecular flexibility index (Phi) is 8.49. The molecule has 0 aromatic carbocycles. The second-order valence-electron chi connectivity index (χ2n) is 6.72. The van der Waals surface area contributed by atoms with E-state index in [1.165, 1.54) is 0 Å². The number of nitrogens with zero attached hydrogens (tertiary/aromatic N) is 2. The Balaban J connectivity index is 2.61. The van der Waals surface area contributed by atoms with E-state index in [-0.39, 0.29) is 18.1 Å². The van der Waals surface area contributed by atoms with Gasteiger partial charge in [0.25, 0.3) is 0 Å². The summed E-state index contributed by atoms with van der Waals surface area (Å²) in [5.41, 5.74) is 0.575. The maximum atomic E-state index is 12.4. The van der Waals surface area contributed by atoms with Crippen LogP contribution in [0.3, 0.4) is 0 Å². The SMILES string of the molecule is COCCOc1ccc(NC(=O)N(CCCO)CC(C)(C)C)cn1. The zero-order chi connectivity index (χ0) is 18.0. The highest BCUT2D eigenvalue weighted by atomic mass is 16.5. The minimum Gasteiger partial charge on any atom is -0.475 e. The quantitative estimate of drug-likeness (QED) is 0.675. The lowest BCUT2D eigenvalue weighted by Crippen LogP contribution is -2.41. The molecule has 0 bridgehead atoms. The fraction of sp³-hybridized carbons (Fsp3) is 0.647. The summed E-state index contributed by atoms with van der Waals surface area (Å²) in [5.74, 6) is 0.483. The number of methoxy groups -OCH3 is 1. The van der Waals surface area contributed by atoms with Crippen molar-refractivity contribution < 1.29 is 19.4 Å². The van der Waals surface area contributed by atoms with Gasteiger partial charge in [0, 0.05) is 32.9 Å². The van der Waals surface area contributed by atoms with Gasteiger partial charge in [-0.1, -0.05) is 20.8 Å². The van der Waals surface area contributed by atoms with Crippen molar-refractivity contribution in [1.29, 1.82) is 0 Å². The van der Waals surface area contributed by atoms with E-state index in [1.807, 2.05) is 0 Å². The lowest BCUT2D eigenvalue weighted by atomic mass is 9.96. The average molecular weight is 339 g/mol.